The van der Waals surface area contributed by atoms with E-state index >= 15 is 0 Å². The lowest BCUT2D eigenvalue weighted by Crippen LogP contribution is -2.52. The summed E-state index contributed by atoms with van der Waals surface area (Å²) in [5.41, 5.74) is 0.292. The predicted octanol–water partition coefficient (Wildman–Crippen LogP) is 2.91. The Labute approximate surface area is 167 Å². The number of benzene rings is 1. The summed E-state index contributed by atoms with van der Waals surface area (Å²) in [6.45, 7) is 7.51. The number of carbonyl (C=O) groups excluding carboxylic acids is 3. The molecular weight excluding hydrogens is 360 g/mol. The molecule has 1 aromatic carbocycles. The number of esters is 1. The van der Waals surface area contributed by atoms with Gasteiger partial charge in [-0.15, -0.1) is 0 Å². The highest BCUT2D eigenvalue weighted by Crippen LogP contribution is 2.22. The van der Waals surface area contributed by atoms with Gasteiger partial charge in [0, 0.05) is 0 Å². The Balaban J connectivity index is 2.82. The summed E-state index contributed by atoms with van der Waals surface area (Å²) in [5.74, 6) is -1.51. The zero-order valence-electron chi connectivity index (χ0n) is 17.2. The maximum atomic E-state index is 12.8. The molecule has 1 rings (SSSR count). The van der Waals surface area contributed by atoms with Gasteiger partial charge in [-0.25, -0.2) is 9.86 Å². The lowest BCUT2D eigenvalue weighted by Gasteiger charge is -2.31. The third kappa shape index (κ3) is 8.08. The second-order valence-electron chi connectivity index (χ2n) is 7.97. The average molecular weight is 392 g/mol. The summed E-state index contributed by atoms with van der Waals surface area (Å²) < 4.78 is 5.41. The van der Waals surface area contributed by atoms with Crippen molar-refractivity contribution in [2.24, 2.45) is 11.3 Å². The van der Waals surface area contributed by atoms with Gasteiger partial charge < -0.3 is 10.1 Å². The number of nitrogens with zero attached hydrogens (tertiary/aromatic N) is 1. The summed E-state index contributed by atoms with van der Waals surface area (Å²) in [4.78, 5) is 36.1. The van der Waals surface area contributed by atoms with E-state index in [2.05, 4.69) is 5.32 Å². The van der Waals surface area contributed by atoms with Crippen molar-refractivity contribution in [2.75, 3.05) is 6.54 Å². The molecule has 7 heteroatoms. The van der Waals surface area contributed by atoms with Crippen molar-refractivity contribution in [1.82, 2.24) is 10.4 Å². The predicted molar refractivity (Wildman–Crippen MR) is 105 cm³/mol. The van der Waals surface area contributed by atoms with Gasteiger partial charge in [-0.05, 0) is 17.4 Å². The van der Waals surface area contributed by atoms with E-state index < -0.39 is 23.3 Å². The van der Waals surface area contributed by atoms with Crippen molar-refractivity contribution in [3.63, 3.8) is 0 Å². The topological polar surface area (TPSA) is 95.9 Å². The largest absolute Gasteiger partial charge is 0.459 e. The Morgan fingerprint density at radius 2 is 1.89 bits per heavy atom. The molecule has 0 aliphatic carbocycles. The van der Waals surface area contributed by atoms with Crippen molar-refractivity contribution in [1.29, 1.82) is 0 Å². The maximum absolute atomic E-state index is 12.8. The summed E-state index contributed by atoms with van der Waals surface area (Å²) in [7, 11) is 0. The van der Waals surface area contributed by atoms with Crippen LogP contribution in [-0.4, -0.2) is 41.1 Å². The van der Waals surface area contributed by atoms with E-state index in [1.807, 2.05) is 58.0 Å². The van der Waals surface area contributed by atoms with Gasteiger partial charge >= 0.3 is 5.97 Å². The molecule has 156 valence electrons. The van der Waals surface area contributed by atoms with Gasteiger partial charge in [-0.2, -0.15) is 0 Å². The number of carbonyl (C=O) groups is 3. The first-order valence-electron chi connectivity index (χ1n) is 9.60. The number of ether oxygens (including phenoxy) is 1. The van der Waals surface area contributed by atoms with Crippen molar-refractivity contribution in [3.05, 3.63) is 35.9 Å². The minimum absolute atomic E-state index is 0.120. The highest BCUT2D eigenvalue weighted by Gasteiger charge is 2.36. The Bertz CT molecular complexity index is 627. The molecule has 0 spiro atoms. The van der Waals surface area contributed by atoms with Gasteiger partial charge in [0.2, 0.25) is 12.3 Å². The lowest BCUT2D eigenvalue weighted by molar-refractivity contribution is -0.157. The van der Waals surface area contributed by atoms with Crippen LogP contribution in [0.25, 0.3) is 0 Å². The number of unbranched alkanes of at least 4 members (excludes halogenated alkanes) is 1. The zero-order chi connectivity index (χ0) is 21.2. The molecule has 0 heterocycles. The minimum Gasteiger partial charge on any atom is -0.459 e. The molecular formula is C21H32N2O5. The molecule has 0 aliphatic rings. The number of hydrogen-bond acceptors (Lipinski definition) is 5. The van der Waals surface area contributed by atoms with Crippen LogP contribution in [0.15, 0.2) is 30.3 Å². The van der Waals surface area contributed by atoms with E-state index in [-0.39, 0.29) is 25.5 Å². The van der Waals surface area contributed by atoms with Crippen LogP contribution in [0.2, 0.25) is 0 Å². The van der Waals surface area contributed by atoms with E-state index in [0.717, 1.165) is 18.4 Å². The molecule has 0 aromatic heterocycles. The first kappa shape index (κ1) is 23.6. The number of rotatable bonds is 11. The number of hydroxylamine groups is 2. The molecule has 2 N–H and O–H groups in total. The van der Waals surface area contributed by atoms with E-state index in [1.54, 1.807) is 0 Å². The summed E-state index contributed by atoms with van der Waals surface area (Å²) >= 11 is 0. The van der Waals surface area contributed by atoms with E-state index in [1.165, 1.54) is 0 Å². The van der Waals surface area contributed by atoms with Crippen LogP contribution in [-0.2, 0) is 25.7 Å². The van der Waals surface area contributed by atoms with Crippen LogP contribution >= 0.6 is 0 Å². The van der Waals surface area contributed by atoms with E-state index in [4.69, 9.17) is 4.74 Å². The van der Waals surface area contributed by atoms with E-state index in [9.17, 15) is 19.6 Å². The number of hydrogen-bond donors (Lipinski definition) is 2. The third-order valence-electron chi connectivity index (χ3n) is 4.42. The molecule has 7 nitrogen and oxygen atoms in total. The Morgan fingerprint density at radius 1 is 1.25 bits per heavy atom. The van der Waals surface area contributed by atoms with E-state index in [0.29, 0.717) is 11.5 Å². The molecule has 2 atom stereocenters. The van der Waals surface area contributed by atoms with Crippen LogP contribution in [0.4, 0.5) is 0 Å². The normalized spacial score (nSPS) is 13.3. The highest BCUT2D eigenvalue weighted by molar-refractivity contribution is 5.86. The molecule has 28 heavy (non-hydrogen) atoms. The van der Waals surface area contributed by atoms with Crippen LogP contribution in [0, 0.1) is 11.3 Å². The smallest absolute Gasteiger partial charge is 0.329 e. The molecule has 0 radical (unpaired) electrons. The maximum Gasteiger partial charge on any atom is 0.329 e. The van der Waals surface area contributed by atoms with Crippen molar-refractivity contribution < 1.29 is 24.3 Å². The highest BCUT2D eigenvalue weighted by atomic mass is 16.5. The monoisotopic (exact) mass is 392 g/mol. The van der Waals surface area contributed by atoms with Crippen molar-refractivity contribution >= 4 is 18.3 Å². The van der Waals surface area contributed by atoms with Crippen LogP contribution in [0.1, 0.15) is 52.5 Å². The molecule has 0 bridgehead atoms. The lowest BCUT2D eigenvalue weighted by atomic mass is 9.86. The molecule has 0 aliphatic heterocycles. The van der Waals surface area contributed by atoms with Gasteiger partial charge in [-0.3, -0.25) is 14.8 Å². The van der Waals surface area contributed by atoms with Crippen LogP contribution in [0.3, 0.4) is 0 Å². The quantitative estimate of drug-likeness (QED) is 0.261. The fraction of sp³-hybridized carbons (Fsp3) is 0.571. The first-order chi connectivity index (χ1) is 13.2. The Morgan fingerprint density at radius 3 is 2.43 bits per heavy atom. The Kier molecular flexibility index (Phi) is 9.65. The molecule has 0 fully saturated rings. The van der Waals surface area contributed by atoms with Gasteiger partial charge in [0.25, 0.3) is 0 Å². The number of amides is 2. The molecule has 0 saturated heterocycles. The van der Waals surface area contributed by atoms with Gasteiger partial charge in [-0.1, -0.05) is 70.9 Å². The van der Waals surface area contributed by atoms with Gasteiger partial charge in [0.1, 0.15) is 12.6 Å². The van der Waals surface area contributed by atoms with Crippen molar-refractivity contribution in [2.45, 2.75) is 59.6 Å². The van der Waals surface area contributed by atoms with Gasteiger partial charge in [0.05, 0.1) is 12.5 Å². The summed E-state index contributed by atoms with van der Waals surface area (Å²) in [6, 6.07) is 8.46. The minimum atomic E-state index is -0.851. The first-order valence-corrected chi connectivity index (χ1v) is 9.60. The standard InChI is InChI=1S/C21H32N2O5/c1-5-6-12-17(13-23(27)15-24)19(25)22-18(21(2,3)4)20(26)28-14-16-10-8-7-9-11-16/h7-11,15,17-18,27H,5-6,12-14H2,1-4H3,(H,22,25)/t17?,18-/m1/s1. The molecule has 1 unspecified atom stereocenters. The van der Waals surface area contributed by atoms with Crippen LogP contribution < -0.4 is 5.32 Å². The van der Waals surface area contributed by atoms with Crippen LogP contribution in [0.5, 0.6) is 0 Å². The second kappa shape index (κ2) is 11.4. The molecule has 0 saturated carbocycles. The third-order valence-corrected chi connectivity index (χ3v) is 4.42. The van der Waals surface area contributed by atoms with Gasteiger partial charge in [0.15, 0.2) is 0 Å². The molecule has 1 aromatic rings. The summed E-state index contributed by atoms with van der Waals surface area (Å²) in [5, 5.41) is 12.7. The average Bonchev–Trinajstić information content (AvgIpc) is 2.66. The van der Waals surface area contributed by atoms with Crippen molar-refractivity contribution in [3.8, 4) is 0 Å². The SMILES string of the molecule is CCCCC(CN(O)C=O)C(=O)N[C@H](C(=O)OCc1ccccc1)C(C)(C)C. The Hall–Kier alpha value is -2.41. The second-order valence-corrected chi connectivity index (χ2v) is 7.97. The molecule has 2 amide bonds. The zero-order valence-corrected chi connectivity index (χ0v) is 17.2. The fourth-order valence-electron chi connectivity index (χ4n) is 2.73. The fourth-order valence-corrected chi connectivity index (χ4v) is 2.73. The summed E-state index contributed by atoms with van der Waals surface area (Å²) in [6.07, 6.45) is 2.41. The number of nitrogens with one attached hydrogen (secondary N) is 1.